The molecule has 15 heteroatoms. The molecule has 0 bridgehead atoms. The third-order valence-electron chi connectivity index (χ3n) is 17.1. The molecule has 3 aromatic heterocycles. The first-order chi connectivity index (χ1) is 43.6. The number of piperidine rings is 3. The van der Waals surface area contributed by atoms with Crippen molar-refractivity contribution < 1.29 is 14.4 Å². The van der Waals surface area contributed by atoms with Gasteiger partial charge in [-0.05, 0) is 196 Å². The first-order valence-corrected chi connectivity index (χ1v) is 31.9. The van der Waals surface area contributed by atoms with Crippen LogP contribution in [0.5, 0.6) is 0 Å². The first kappa shape index (κ1) is 59.7. The molecular weight excluding hydrogens is 1100 g/mol. The number of amides is 3. The van der Waals surface area contributed by atoms with E-state index in [4.69, 9.17) is 15.0 Å². The molecule has 14 rings (SSSR count). The van der Waals surface area contributed by atoms with Gasteiger partial charge in [0.25, 0.3) is 17.7 Å². The van der Waals surface area contributed by atoms with Gasteiger partial charge in [-0.3, -0.25) is 29.3 Å². The van der Waals surface area contributed by atoms with Crippen LogP contribution in [0.1, 0.15) is 121 Å². The number of benzene rings is 7. The topological polar surface area (TPSA) is 166 Å². The molecule has 4 fully saturated rings. The summed E-state index contributed by atoms with van der Waals surface area (Å²) >= 11 is 0. The molecule has 4 aliphatic rings. The smallest absolute Gasteiger partial charge is 0.253 e. The van der Waals surface area contributed by atoms with E-state index in [2.05, 4.69) is 70.6 Å². The Balaban J connectivity index is 0.000000130. The van der Waals surface area contributed by atoms with Crippen LogP contribution in [0.2, 0.25) is 0 Å². The van der Waals surface area contributed by atoms with Gasteiger partial charge in [-0.2, -0.15) is 0 Å². The van der Waals surface area contributed by atoms with Gasteiger partial charge < -0.3 is 30.2 Å². The number of nitrogens with zero attached hydrogens (tertiary/aromatic N) is 10. The maximum absolute atomic E-state index is 12.8. The van der Waals surface area contributed by atoms with E-state index in [1.807, 2.05) is 165 Å². The van der Waals surface area contributed by atoms with Gasteiger partial charge in [0.15, 0.2) is 0 Å². The second kappa shape index (κ2) is 28.5. The molecular formula is C74H78N12O3. The van der Waals surface area contributed by atoms with Crippen LogP contribution in [0.15, 0.2) is 176 Å². The fraction of sp³-hybridized carbons (Fsp3) is 0.311. The van der Waals surface area contributed by atoms with Crippen LogP contribution in [0.3, 0.4) is 0 Å². The van der Waals surface area contributed by atoms with Crippen LogP contribution in [-0.4, -0.2) is 111 Å². The Morgan fingerprint density at radius 1 is 0.382 bits per heavy atom. The largest absolute Gasteiger partial charge is 0.355 e. The van der Waals surface area contributed by atoms with Crippen molar-refractivity contribution in [1.82, 2.24) is 45.4 Å². The summed E-state index contributed by atoms with van der Waals surface area (Å²) < 4.78 is 0. The molecule has 2 N–H and O–H groups in total. The van der Waals surface area contributed by atoms with E-state index in [-0.39, 0.29) is 23.8 Å². The number of nitrogens with one attached hydrogen (secondary N) is 2. The highest BCUT2D eigenvalue weighted by molar-refractivity contribution is 5.98. The molecule has 0 unspecified atom stereocenters. The van der Waals surface area contributed by atoms with E-state index in [1.54, 1.807) is 0 Å². The van der Waals surface area contributed by atoms with E-state index >= 15 is 0 Å². The Morgan fingerprint density at radius 3 is 1.17 bits per heavy atom. The van der Waals surface area contributed by atoms with Crippen LogP contribution >= 0.6 is 0 Å². The van der Waals surface area contributed by atoms with Gasteiger partial charge in [-0.1, -0.05) is 84.9 Å². The molecule has 4 aliphatic heterocycles. The number of anilines is 3. The van der Waals surface area contributed by atoms with Crippen molar-refractivity contribution in [1.29, 1.82) is 0 Å². The van der Waals surface area contributed by atoms with E-state index in [1.165, 1.54) is 57.8 Å². The minimum atomic E-state index is -0.0799. The Hall–Kier alpha value is -9.63. The van der Waals surface area contributed by atoms with Crippen molar-refractivity contribution in [2.75, 3.05) is 67.1 Å². The minimum Gasteiger partial charge on any atom is -0.355 e. The van der Waals surface area contributed by atoms with Gasteiger partial charge >= 0.3 is 0 Å². The van der Waals surface area contributed by atoms with Crippen LogP contribution < -0.4 is 25.3 Å². The minimum absolute atomic E-state index is 0.0511. The second-order valence-corrected chi connectivity index (χ2v) is 24.0. The van der Waals surface area contributed by atoms with Gasteiger partial charge in [0.1, 0.15) is 17.5 Å². The van der Waals surface area contributed by atoms with Gasteiger partial charge in [-0.15, -0.1) is 0 Å². The Labute approximate surface area is 521 Å². The summed E-state index contributed by atoms with van der Waals surface area (Å²) in [6, 6.07) is 51.8. The number of fused-ring (bicyclic) bond motifs is 3. The van der Waals surface area contributed by atoms with Crippen molar-refractivity contribution in [3.8, 4) is 33.4 Å². The van der Waals surface area contributed by atoms with Crippen molar-refractivity contribution in [2.24, 2.45) is 0 Å². The van der Waals surface area contributed by atoms with Crippen LogP contribution in [0, 0.1) is 0 Å². The second-order valence-electron chi connectivity index (χ2n) is 24.0. The Kier molecular flexibility index (Phi) is 19.1. The summed E-state index contributed by atoms with van der Waals surface area (Å²) in [5.74, 6) is 2.87. The molecule has 15 nitrogen and oxygen atoms in total. The third kappa shape index (κ3) is 15.0. The molecule has 10 aromatic rings. The number of carbonyl (C=O) groups excluding carboxylic acids is 3. The summed E-state index contributed by atoms with van der Waals surface area (Å²) in [6.07, 6.45) is 19.0. The molecule has 0 spiro atoms. The molecule has 7 aromatic carbocycles. The zero-order valence-electron chi connectivity index (χ0n) is 51.2. The van der Waals surface area contributed by atoms with E-state index in [0.29, 0.717) is 17.7 Å². The average molecular weight is 1180 g/mol. The highest BCUT2D eigenvalue weighted by Crippen LogP contribution is 2.30. The van der Waals surface area contributed by atoms with Crippen molar-refractivity contribution >= 4 is 68.3 Å². The van der Waals surface area contributed by atoms with E-state index in [9.17, 15) is 14.4 Å². The lowest BCUT2D eigenvalue weighted by Gasteiger charge is -2.27. The van der Waals surface area contributed by atoms with E-state index < -0.39 is 0 Å². The predicted octanol–water partition coefficient (Wildman–Crippen LogP) is 14.2. The highest BCUT2D eigenvalue weighted by Gasteiger charge is 2.21. The molecule has 89 heavy (non-hydrogen) atoms. The van der Waals surface area contributed by atoms with Crippen LogP contribution in [0.4, 0.5) is 17.5 Å². The number of hydrogen-bond donors (Lipinski definition) is 2. The zero-order valence-corrected chi connectivity index (χ0v) is 51.2. The van der Waals surface area contributed by atoms with Gasteiger partial charge in [-0.25, -0.2) is 15.0 Å². The molecule has 0 atom stereocenters. The number of likely N-dealkylation sites (tertiary alicyclic amines) is 1. The molecule has 0 radical (unpaired) electrons. The fourth-order valence-corrected chi connectivity index (χ4v) is 12.2. The number of carbonyl (C=O) groups is 3. The highest BCUT2D eigenvalue weighted by atomic mass is 16.2. The van der Waals surface area contributed by atoms with Crippen molar-refractivity contribution in [2.45, 2.75) is 97.1 Å². The lowest BCUT2D eigenvalue weighted by molar-refractivity contribution is 0.0792. The maximum atomic E-state index is 12.8. The summed E-state index contributed by atoms with van der Waals surface area (Å²) in [4.78, 5) is 75.2. The molecule has 4 saturated heterocycles. The quantitative estimate of drug-likeness (QED) is 0.119. The number of rotatable bonds is 12. The molecule has 3 amide bonds. The SMILES string of the molecule is CC(C)NC(=O)c1cccc(-c2ccc3ncc(N4CCCCC4)nc3c2)c1.O=C(NCc1ccccc1)c1cccc(-c2ccc3ncc(N4CCCCC4)nc3c2)c1.O=C(c1cccc(-c2ccc3ncc(N4CCCCC4)nc3c2)c1)N1CCCC1. The first-order valence-electron chi connectivity index (χ1n) is 31.9. The summed E-state index contributed by atoms with van der Waals surface area (Å²) in [5.41, 5.74) is 14.7. The lowest BCUT2D eigenvalue weighted by Crippen LogP contribution is -2.30. The summed E-state index contributed by atoms with van der Waals surface area (Å²) in [7, 11) is 0. The van der Waals surface area contributed by atoms with E-state index in [0.717, 1.165) is 160 Å². The van der Waals surface area contributed by atoms with Crippen LogP contribution in [-0.2, 0) is 6.54 Å². The average Bonchev–Trinajstić information content (AvgIpc) is 3.34. The normalized spacial score (nSPS) is 15.1. The fourth-order valence-electron chi connectivity index (χ4n) is 12.2. The number of hydrogen-bond acceptors (Lipinski definition) is 12. The summed E-state index contributed by atoms with van der Waals surface area (Å²) in [6.45, 7) is 12.5. The molecule has 0 saturated carbocycles. The Bertz CT molecular complexity index is 4100. The summed E-state index contributed by atoms with van der Waals surface area (Å²) in [5, 5.41) is 5.94. The Morgan fingerprint density at radius 2 is 0.753 bits per heavy atom. The third-order valence-corrected chi connectivity index (χ3v) is 17.1. The number of aromatic nitrogens is 6. The van der Waals surface area contributed by atoms with Gasteiger partial charge in [0, 0.05) is 81.6 Å². The predicted molar refractivity (Wildman–Crippen MR) is 358 cm³/mol. The standard InChI is InChI=1S/C27H26N4O.C24H26N4O.C23H26N4O/c32-27(29-18-20-8-3-1-4-9-20)23-11-7-10-21(16-23)22-12-13-24-25(17-22)30-26(19-28-24)31-14-5-2-6-15-31;29-24(28-13-4-5-14-28)20-8-6-7-18(15-20)19-9-10-21-22(16-19)26-23(17-25-21)27-11-2-1-3-12-27;1-16(2)25-23(28)19-8-6-7-17(13-19)18-9-10-20-21(14-18)26-22(15-24-20)27-11-4-3-5-12-27/h1,3-4,7-13,16-17,19H,2,5-6,14-15,18H2,(H,29,32);6-10,15-17H,1-5,11-14H2;6-10,13-16H,3-5,11-12H2,1-2H3,(H,25,28). The van der Waals surface area contributed by atoms with Gasteiger partial charge in [0.2, 0.25) is 0 Å². The molecule has 7 heterocycles. The van der Waals surface area contributed by atoms with Gasteiger partial charge in [0.05, 0.1) is 51.7 Å². The monoisotopic (exact) mass is 1180 g/mol. The van der Waals surface area contributed by atoms with Crippen molar-refractivity contribution in [3.05, 3.63) is 199 Å². The maximum Gasteiger partial charge on any atom is 0.253 e. The molecule has 452 valence electrons. The molecule has 0 aliphatic carbocycles. The van der Waals surface area contributed by atoms with Crippen LogP contribution in [0.25, 0.3) is 66.5 Å². The van der Waals surface area contributed by atoms with Crippen molar-refractivity contribution in [3.63, 3.8) is 0 Å². The zero-order chi connectivity index (χ0) is 60.9. The lowest BCUT2D eigenvalue weighted by atomic mass is 10.0.